The molecule has 4 aliphatic rings. The second kappa shape index (κ2) is 5.32. The van der Waals surface area contributed by atoms with Crippen LogP contribution in [-0.4, -0.2) is 51.8 Å². The van der Waals surface area contributed by atoms with E-state index in [-0.39, 0.29) is 0 Å². The van der Waals surface area contributed by atoms with Crippen molar-refractivity contribution in [2.45, 2.75) is 31.5 Å². The first-order chi connectivity index (χ1) is 9.40. The molecule has 19 heavy (non-hydrogen) atoms. The van der Waals surface area contributed by atoms with Gasteiger partial charge >= 0.3 is 0 Å². The van der Waals surface area contributed by atoms with E-state index in [1.807, 2.05) is 0 Å². The Morgan fingerprint density at radius 3 is 1.63 bits per heavy atom. The zero-order valence-electron chi connectivity index (χ0n) is 11.5. The first-order valence-electron chi connectivity index (χ1n) is 7.79. The summed E-state index contributed by atoms with van der Waals surface area (Å²) >= 11 is 0. The van der Waals surface area contributed by atoms with Crippen molar-refractivity contribution in [3.63, 3.8) is 0 Å². The van der Waals surface area contributed by atoms with Crippen LogP contribution in [0.2, 0.25) is 0 Å². The maximum Gasteiger partial charge on any atom is 0.104 e. The Kier molecular flexibility index (Phi) is 3.52. The molecule has 108 valence electrons. The summed E-state index contributed by atoms with van der Waals surface area (Å²) in [5, 5.41) is 0. The van der Waals surface area contributed by atoms with Gasteiger partial charge in [-0.3, -0.25) is 0 Å². The molecular formula is C15H24O4. The second-order valence-corrected chi connectivity index (χ2v) is 6.65. The molecule has 6 unspecified atom stereocenters. The predicted octanol–water partition coefficient (Wildman–Crippen LogP) is 1.48. The average molecular weight is 268 g/mol. The van der Waals surface area contributed by atoms with Crippen molar-refractivity contribution >= 4 is 0 Å². The molecule has 4 rings (SSSR count). The second-order valence-electron chi connectivity index (χ2n) is 6.65. The summed E-state index contributed by atoms with van der Waals surface area (Å²) in [6.45, 7) is 5.19. The van der Waals surface area contributed by atoms with Crippen molar-refractivity contribution in [3.8, 4) is 0 Å². The number of hydrogen-bond acceptors (Lipinski definition) is 4. The van der Waals surface area contributed by atoms with Crippen molar-refractivity contribution in [2.75, 3.05) is 39.6 Å². The Morgan fingerprint density at radius 2 is 1.21 bits per heavy atom. The van der Waals surface area contributed by atoms with Crippen LogP contribution < -0.4 is 0 Å². The van der Waals surface area contributed by atoms with E-state index in [2.05, 4.69) is 0 Å². The molecule has 2 aliphatic heterocycles. The summed E-state index contributed by atoms with van der Waals surface area (Å²) in [4.78, 5) is 0. The van der Waals surface area contributed by atoms with Crippen molar-refractivity contribution in [1.29, 1.82) is 0 Å². The van der Waals surface area contributed by atoms with Gasteiger partial charge in [0.25, 0.3) is 0 Å². The van der Waals surface area contributed by atoms with E-state index in [1.165, 1.54) is 19.3 Å². The topological polar surface area (TPSA) is 43.5 Å². The molecule has 0 N–H and O–H groups in total. The number of epoxide rings is 2. The van der Waals surface area contributed by atoms with E-state index in [0.717, 1.165) is 63.3 Å². The van der Waals surface area contributed by atoms with E-state index in [9.17, 15) is 0 Å². The maximum absolute atomic E-state index is 5.86. The Bertz CT molecular complexity index is 283. The Morgan fingerprint density at radius 1 is 0.737 bits per heavy atom. The fraction of sp³-hybridized carbons (Fsp3) is 1.00. The highest BCUT2D eigenvalue weighted by atomic mass is 16.6. The van der Waals surface area contributed by atoms with E-state index in [0.29, 0.717) is 12.2 Å². The molecule has 0 aromatic rings. The third kappa shape index (κ3) is 2.97. The highest BCUT2D eigenvalue weighted by molar-refractivity contribution is 4.96. The van der Waals surface area contributed by atoms with Gasteiger partial charge < -0.3 is 18.9 Å². The van der Waals surface area contributed by atoms with Gasteiger partial charge in [-0.05, 0) is 42.9 Å². The molecular weight excluding hydrogens is 244 g/mol. The van der Waals surface area contributed by atoms with Gasteiger partial charge in [-0.15, -0.1) is 0 Å². The lowest BCUT2D eigenvalue weighted by Gasteiger charge is -2.30. The lowest BCUT2D eigenvalue weighted by atomic mass is 9.80. The van der Waals surface area contributed by atoms with Gasteiger partial charge in [0.2, 0.25) is 0 Å². The minimum atomic E-state index is 0.389. The molecule has 2 heterocycles. The zero-order chi connectivity index (χ0) is 12.7. The van der Waals surface area contributed by atoms with Gasteiger partial charge in [-0.1, -0.05) is 0 Å². The normalized spacial score (nSPS) is 46.7. The summed E-state index contributed by atoms with van der Waals surface area (Å²) in [5.41, 5.74) is 0. The zero-order valence-corrected chi connectivity index (χ0v) is 11.5. The van der Waals surface area contributed by atoms with Crippen molar-refractivity contribution in [2.24, 2.45) is 23.7 Å². The van der Waals surface area contributed by atoms with Crippen LogP contribution in [0.3, 0.4) is 0 Å². The van der Waals surface area contributed by atoms with Crippen LogP contribution in [0.1, 0.15) is 19.3 Å². The molecule has 4 nitrogen and oxygen atoms in total. The fourth-order valence-corrected chi connectivity index (χ4v) is 4.05. The molecule has 0 aromatic carbocycles. The van der Waals surface area contributed by atoms with E-state index >= 15 is 0 Å². The molecule has 0 amide bonds. The Hall–Kier alpha value is -0.160. The SMILES string of the molecule is C(OCC1C2CCC(C2)C1COCC1CO1)C1CO1. The standard InChI is InChI=1S/C15H24O4/c1-2-11-3-10(1)14(8-16-4-12-6-18-12)15(11)9-17-5-13-7-19-13/h10-15H,1-9H2. The van der Waals surface area contributed by atoms with Crippen LogP contribution in [0.25, 0.3) is 0 Å². The van der Waals surface area contributed by atoms with Gasteiger partial charge in [-0.25, -0.2) is 0 Å². The molecule has 2 saturated carbocycles. The van der Waals surface area contributed by atoms with E-state index in [4.69, 9.17) is 18.9 Å². The summed E-state index contributed by atoms with van der Waals surface area (Å²) < 4.78 is 22.1. The quantitative estimate of drug-likeness (QED) is 0.625. The lowest BCUT2D eigenvalue weighted by molar-refractivity contribution is 0.00309. The van der Waals surface area contributed by atoms with Gasteiger partial charge in [0, 0.05) is 0 Å². The predicted molar refractivity (Wildman–Crippen MR) is 68.9 cm³/mol. The number of fused-ring (bicyclic) bond motifs is 2. The molecule has 4 fully saturated rings. The minimum Gasteiger partial charge on any atom is -0.378 e. The first kappa shape index (κ1) is 12.6. The third-order valence-corrected chi connectivity index (χ3v) is 5.31. The monoisotopic (exact) mass is 268 g/mol. The number of hydrogen-bond donors (Lipinski definition) is 0. The van der Waals surface area contributed by atoms with Gasteiger partial charge in [0.1, 0.15) is 12.2 Å². The highest BCUT2D eigenvalue weighted by Crippen LogP contribution is 2.52. The fourth-order valence-electron chi connectivity index (χ4n) is 4.05. The van der Waals surface area contributed by atoms with Crippen LogP contribution in [-0.2, 0) is 18.9 Å². The summed E-state index contributed by atoms with van der Waals surface area (Å²) in [6.07, 6.45) is 4.99. The molecule has 0 radical (unpaired) electrons. The van der Waals surface area contributed by atoms with Gasteiger partial charge in [0.15, 0.2) is 0 Å². The molecule has 6 atom stereocenters. The van der Waals surface area contributed by atoms with Crippen LogP contribution in [0.5, 0.6) is 0 Å². The third-order valence-electron chi connectivity index (χ3n) is 5.31. The van der Waals surface area contributed by atoms with Crippen LogP contribution in [0.15, 0.2) is 0 Å². The van der Waals surface area contributed by atoms with Crippen LogP contribution in [0, 0.1) is 23.7 Å². The molecule has 2 saturated heterocycles. The smallest absolute Gasteiger partial charge is 0.104 e. The average Bonchev–Trinajstić information content (AvgIpc) is 3.33. The van der Waals surface area contributed by atoms with Crippen molar-refractivity contribution in [1.82, 2.24) is 0 Å². The van der Waals surface area contributed by atoms with Gasteiger partial charge in [0.05, 0.1) is 39.6 Å². The number of rotatable bonds is 8. The van der Waals surface area contributed by atoms with Crippen molar-refractivity contribution < 1.29 is 18.9 Å². The summed E-state index contributed by atoms with van der Waals surface area (Å²) in [5.74, 6) is 3.21. The molecule has 0 spiro atoms. The molecule has 4 heteroatoms. The summed E-state index contributed by atoms with van der Waals surface area (Å²) in [6, 6.07) is 0. The lowest BCUT2D eigenvalue weighted by Crippen LogP contribution is -2.31. The first-order valence-corrected chi connectivity index (χ1v) is 7.79. The van der Waals surface area contributed by atoms with Crippen LogP contribution >= 0.6 is 0 Å². The summed E-state index contributed by atoms with van der Waals surface area (Å²) in [7, 11) is 0. The molecule has 2 aliphatic carbocycles. The van der Waals surface area contributed by atoms with E-state index in [1.54, 1.807) is 0 Å². The number of ether oxygens (including phenoxy) is 4. The Balaban J connectivity index is 1.25. The van der Waals surface area contributed by atoms with Crippen molar-refractivity contribution in [3.05, 3.63) is 0 Å². The molecule has 2 bridgehead atoms. The maximum atomic E-state index is 5.86. The van der Waals surface area contributed by atoms with Crippen LogP contribution in [0.4, 0.5) is 0 Å². The molecule has 0 aromatic heterocycles. The highest BCUT2D eigenvalue weighted by Gasteiger charge is 2.47. The Labute approximate surface area is 114 Å². The minimum absolute atomic E-state index is 0.389. The van der Waals surface area contributed by atoms with E-state index < -0.39 is 0 Å². The van der Waals surface area contributed by atoms with Gasteiger partial charge in [-0.2, -0.15) is 0 Å². The largest absolute Gasteiger partial charge is 0.378 e.